The van der Waals surface area contributed by atoms with E-state index in [2.05, 4.69) is 11.4 Å². The van der Waals surface area contributed by atoms with Crippen molar-refractivity contribution in [2.24, 2.45) is 0 Å². The molecule has 1 amide bonds. The molecule has 1 fully saturated rings. The lowest BCUT2D eigenvalue weighted by Gasteiger charge is -2.29. The minimum Gasteiger partial charge on any atom is -0.496 e. The Kier molecular flexibility index (Phi) is 6.65. The molecule has 0 bridgehead atoms. The Bertz CT molecular complexity index is 833. The molecule has 1 aliphatic rings. The van der Waals surface area contributed by atoms with Crippen LogP contribution in [-0.2, 0) is 11.3 Å². The van der Waals surface area contributed by atoms with Gasteiger partial charge in [-0.1, -0.05) is 17.7 Å². The van der Waals surface area contributed by atoms with E-state index in [0.29, 0.717) is 6.54 Å². The largest absolute Gasteiger partial charge is 0.496 e. The van der Waals surface area contributed by atoms with Gasteiger partial charge in [-0.2, -0.15) is 0 Å². The molecule has 2 aromatic rings. The Hall–Kier alpha value is -2.44. The zero-order valence-corrected chi connectivity index (χ0v) is 16.9. The summed E-state index contributed by atoms with van der Waals surface area (Å²) >= 11 is 0. The molecule has 3 rings (SSSR count). The molecule has 0 saturated carbocycles. The monoisotopic (exact) mass is 387 g/mol. The van der Waals surface area contributed by atoms with Crippen LogP contribution < -0.4 is 19.9 Å². The Balaban J connectivity index is 1.49. The van der Waals surface area contributed by atoms with Gasteiger partial charge < -0.3 is 19.9 Å². The van der Waals surface area contributed by atoms with E-state index >= 15 is 0 Å². The van der Waals surface area contributed by atoms with Gasteiger partial charge in [-0.05, 0) is 43.7 Å². The zero-order chi connectivity index (χ0) is 20.1. The molecule has 2 aromatic carbocycles. The first-order chi connectivity index (χ1) is 13.4. The summed E-state index contributed by atoms with van der Waals surface area (Å²) in [6.45, 7) is 9.02. The Morgan fingerprint density at radius 1 is 1.07 bits per heavy atom. The van der Waals surface area contributed by atoms with Crippen molar-refractivity contribution in [2.75, 3.05) is 45.2 Å². The number of quaternary nitrogens is 2. The van der Waals surface area contributed by atoms with E-state index in [1.54, 1.807) is 19.2 Å². The van der Waals surface area contributed by atoms with Crippen LogP contribution in [0.1, 0.15) is 16.7 Å². The number of anilines is 1. The number of ether oxygens (including phenoxy) is 1. The normalized spacial score (nSPS) is 19.3. The molecule has 1 saturated heterocycles. The molecule has 0 radical (unpaired) electrons. The number of carbonyl (C=O) groups is 1. The Labute approximate surface area is 166 Å². The maximum Gasteiger partial charge on any atom is 0.279 e. The van der Waals surface area contributed by atoms with Crippen molar-refractivity contribution in [1.29, 1.82) is 0 Å². The number of hydrogen-bond acceptors (Lipinski definition) is 2. The number of aryl methyl sites for hydroxylation is 2. The van der Waals surface area contributed by atoms with Gasteiger partial charge in [0.15, 0.2) is 6.54 Å². The van der Waals surface area contributed by atoms with Crippen LogP contribution in [0.2, 0.25) is 0 Å². The zero-order valence-electron chi connectivity index (χ0n) is 16.9. The fraction of sp³-hybridized carbons (Fsp3) is 0.409. The first-order valence-electron chi connectivity index (χ1n) is 9.81. The third-order valence-electron chi connectivity index (χ3n) is 5.41. The number of amides is 1. The van der Waals surface area contributed by atoms with Gasteiger partial charge >= 0.3 is 0 Å². The van der Waals surface area contributed by atoms with Crippen LogP contribution in [0, 0.1) is 19.7 Å². The van der Waals surface area contributed by atoms with E-state index in [9.17, 15) is 9.18 Å². The third-order valence-corrected chi connectivity index (χ3v) is 5.41. The number of methoxy groups -OCH3 is 1. The molecule has 5 nitrogen and oxygen atoms in total. The molecule has 3 N–H and O–H groups in total. The predicted molar refractivity (Wildman–Crippen MR) is 107 cm³/mol. The maximum atomic E-state index is 13.6. The standard InChI is InChI=1S/C22H28FN3O2/c1-16-4-6-20(17(2)12-16)24-22(27)15-26-10-8-25(9-11-26)14-18-13-19(23)5-7-21(18)28-3/h4-7,12-13H,8-11,14-15H2,1-3H3,(H,24,27)/p+2. The number of piperazine rings is 1. The molecule has 28 heavy (non-hydrogen) atoms. The van der Waals surface area contributed by atoms with Crippen LogP contribution in [0.15, 0.2) is 36.4 Å². The SMILES string of the molecule is COc1ccc(F)cc1C[NH+]1CC[NH+](CC(=O)Nc2ccc(C)cc2C)CC1. The van der Waals surface area contributed by atoms with E-state index in [1.807, 2.05) is 26.0 Å². The predicted octanol–water partition coefficient (Wildman–Crippen LogP) is 0.373. The van der Waals surface area contributed by atoms with Crippen LogP contribution in [0.5, 0.6) is 5.75 Å². The maximum absolute atomic E-state index is 13.6. The van der Waals surface area contributed by atoms with Gasteiger partial charge in [0, 0.05) is 5.69 Å². The lowest BCUT2D eigenvalue weighted by molar-refractivity contribution is -1.02. The van der Waals surface area contributed by atoms with E-state index < -0.39 is 0 Å². The number of halogens is 1. The van der Waals surface area contributed by atoms with Crippen molar-refractivity contribution in [2.45, 2.75) is 20.4 Å². The van der Waals surface area contributed by atoms with Crippen molar-refractivity contribution in [1.82, 2.24) is 0 Å². The second-order valence-electron chi connectivity index (χ2n) is 7.68. The van der Waals surface area contributed by atoms with Crippen LogP contribution in [-0.4, -0.2) is 45.7 Å². The molecular weight excluding hydrogens is 357 g/mol. The first-order valence-corrected chi connectivity index (χ1v) is 9.81. The van der Waals surface area contributed by atoms with Gasteiger partial charge in [0.2, 0.25) is 0 Å². The lowest BCUT2D eigenvalue weighted by Crippen LogP contribution is -3.28. The van der Waals surface area contributed by atoms with Crippen LogP contribution >= 0.6 is 0 Å². The molecular formula is C22H30FN3O2+2. The van der Waals surface area contributed by atoms with Gasteiger partial charge in [-0.3, -0.25) is 4.79 Å². The summed E-state index contributed by atoms with van der Waals surface area (Å²) in [4.78, 5) is 15.1. The van der Waals surface area contributed by atoms with Gasteiger partial charge in [0.25, 0.3) is 5.91 Å². The minimum atomic E-state index is -0.234. The highest BCUT2D eigenvalue weighted by Gasteiger charge is 2.26. The lowest BCUT2D eigenvalue weighted by atomic mass is 10.1. The summed E-state index contributed by atoms with van der Waals surface area (Å²) in [6, 6.07) is 10.7. The highest BCUT2D eigenvalue weighted by Crippen LogP contribution is 2.18. The van der Waals surface area contributed by atoms with Crippen molar-refractivity contribution >= 4 is 11.6 Å². The highest BCUT2D eigenvalue weighted by molar-refractivity contribution is 5.92. The number of benzene rings is 2. The molecule has 1 heterocycles. The molecule has 1 aliphatic heterocycles. The van der Waals surface area contributed by atoms with E-state index in [-0.39, 0.29) is 11.7 Å². The highest BCUT2D eigenvalue weighted by atomic mass is 19.1. The topological polar surface area (TPSA) is 47.2 Å². The van der Waals surface area contributed by atoms with Crippen LogP contribution in [0.25, 0.3) is 0 Å². The molecule has 150 valence electrons. The summed E-state index contributed by atoms with van der Waals surface area (Å²) in [5, 5.41) is 3.03. The van der Waals surface area contributed by atoms with Crippen molar-refractivity contribution in [3.63, 3.8) is 0 Å². The fourth-order valence-corrected chi connectivity index (χ4v) is 3.84. The summed E-state index contributed by atoms with van der Waals surface area (Å²) in [5.74, 6) is 0.552. The number of nitrogens with one attached hydrogen (secondary N) is 3. The van der Waals surface area contributed by atoms with Gasteiger partial charge in [0.05, 0.1) is 12.7 Å². The third kappa shape index (κ3) is 5.30. The summed E-state index contributed by atoms with van der Waals surface area (Å²) in [5.41, 5.74) is 4.06. The molecule has 0 spiro atoms. The second kappa shape index (κ2) is 9.17. The van der Waals surface area contributed by atoms with E-state index in [1.165, 1.54) is 21.4 Å². The average molecular weight is 387 g/mol. The quantitative estimate of drug-likeness (QED) is 0.671. The van der Waals surface area contributed by atoms with Gasteiger partial charge in [0.1, 0.15) is 44.3 Å². The number of carbonyl (C=O) groups excluding carboxylic acids is 1. The fourth-order valence-electron chi connectivity index (χ4n) is 3.84. The molecule has 0 atom stereocenters. The molecule has 6 heteroatoms. The van der Waals surface area contributed by atoms with Crippen molar-refractivity contribution in [3.8, 4) is 5.75 Å². The average Bonchev–Trinajstić information content (AvgIpc) is 2.66. The van der Waals surface area contributed by atoms with Crippen LogP contribution in [0.3, 0.4) is 0 Å². The Morgan fingerprint density at radius 2 is 1.79 bits per heavy atom. The number of hydrogen-bond donors (Lipinski definition) is 3. The van der Waals surface area contributed by atoms with E-state index in [4.69, 9.17) is 4.74 Å². The van der Waals surface area contributed by atoms with E-state index in [0.717, 1.165) is 55.3 Å². The molecule has 0 aromatic heterocycles. The summed E-state index contributed by atoms with van der Waals surface area (Å²) < 4.78 is 18.9. The second-order valence-corrected chi connectivity index (χ2v) is 7.68. The molecule has 0 unspecified atom stereocenters. The van der Waals surface area contributed by atoms with Crippen LogP contribution in [0.4, 0.5) is 10.1 Å². The van der Waals surface area contributed by atoms with Gasteiger partial charge in [-0.25, -0.2) is 4.39 Å². The minimum absolute atomic E-state index is 0.0530. The number of rotatable bonds is 6. The van der Waals surface area contributed by atoms with Crippen molar-refractivity contribution < 1.29 is 23.7 Å². The Morgan fingerprint density at radius 3 is 2.46 bits per heavy atom. The first kappa shape index (κ1) is 20.3. The summed E-state index contributed by atoms with van der Waals surface area (Å²) in [6.07, 6.45) is 0. The van der Waals surface area contributed by atoms with Gasteiger partial charge in [-0.15, -0.1) is 0 Å². The summed E-state index contributed by atoms with van der Waals surface area (Å²) in [7, 11) is 1.61. The smallest absolute Gasteiger partial charge is 0.279 e. The molecule has 0 aliphatic carbocycles. The van der Waals surface area contributed by atoms with Crippen molar-refractivity contribution in [3.05, 3.63) is 58.9 Å².